The Kier molecular flexibility index (Phi) is 6.10. The van der Waals surface area contributed by atoms with Crippen LogP contribution in [0.25, 0.3) is 5.70 Å². The van der Waals surface area contributed by atoms with E-state index in [0.717, 1.165) is 28.0 Å². The van der Waals surface area contributed by atoms with Crippen molar-refractivity contribution in [1.82, 2.24) is 25.5 Å². The molecule has 3 aromatic carbocycles. The summed E-state index contributed by atoms with van der Waals surface area (Å²) in [6.45, 7) is 4.15. The molecule has 0 fully saturated rings. The molecule has 0 spiro atoms. The van der Waals surface area contributed by atoms with Crippen LogP contribution in [-0.2, 0) is 11.3 Å². The predicted molar refractivity (Wildman–Crippen MR) is 132 cm³/mol. The van der Waals surface area contributed by atoms with E-state index < -0.39 is 0 Å². The van der Waals surface area contributed by atoms with Crippen molar-refractivity contribution in [3.05, 3.63) is 113 Å². The molecule has 2 heterocycles. The van der Waals surface area contributed by atoms with Gasteiger partial charge in [0, 0.05) is 12.1 Å². The van der Waals surface area contributed by atoms with Crippen molar-refractivity contribution in [2.45, 2.75) is 26.4 Å². The summed E-state index contributed by atoms with van der Waals surface area (Å²) in [7, 11) is 0. The van der Waals surface area contributed by atoms with Crippen LogP contribution in [0.3, 0.4) is 0 Å². The minimum absolute atomic E-state index is 0.0187. The van der Waals surface area contributed by atoms with Gasteiger partial charge in [0.2, 0.25) is 5.91 Å². The number of hydrogen-bond donors (Lipinski definition) is 1. The Hall–Kier alpha value is -4.33. The van der Waals surface area contributed by atoms with Gasteiger partial charge in [-0.2, -0.15) is 4.68 Å². The van der Waals surface area contributed by atoms with E-state index >= 15 is 0 Å². The Bertz CT molecular complexity index is 1380. The summed E-state index contributed by atoms with van der Waals surface area (Å²) in [6.07, 6.45) is 2.07. The van der Waals surface area contributed by atoms with Crippen molar-refractivity contribution in [1.29, 1.82) is 0 Å². The lowest BCUT2D eigenvalue weighted by atomic mass is 9.99. The zero-order chi connectivity index (χ0) is 24.4. The molecule has 4 aromatic rings. The second-order valence-corrected chi connectivity index (χ2v) is 8.65. The van der Waals surface area contributed by atoms with E-state index in [1.807, 2.05) is 38.1 Å². The molecule has 0 aliphatic carbocycles. The van der Waals surface area contributed by atoms with Gasteiger partial charge in [-0.15, -0.1) is 0 Å². The fourth-order valence-corrected chi connectivity index (χ4v) is 4.13. The summed E-state index contributed by atoms with van der Waals surface area (Å²) >= 11 is 0. The number of hydrogen-bond acceptors (Lipinski definition) is 5. The molecule has 8 heteroatoms. The summed E-state index contributed by atoms with van der Waals surface area (Å²) in [5.74, 6) is -0.153. The zero-order valence-electron chi connectivity index (χ0n) is 19.5. The van der Waals surface area contributed by atoms with Crippen LogP contribution in [0.2, 0.25) is 0 Å². The average Bonchev–Trinajstić information content (AvgIpc) is 3.35. The van der Waals surface area contributed by atoms with Gasteiger partial charge in [0.05, 0.1) is 5.70 Å². The Labute approximate surface area is 202 Å². The van der Waals surface area contributed by atoms with Crippen LogP contribution in [0.15, 0.2) is 78.9 Å². The van der Waals surface area contributed by atoms with Crippen molar-refractivity contribution in [3.63, 3.8) is 0 Å². The highest BCUT2D eigenvalue weighted by atomic mass is 19.1. The molecule has 0 saturated heterocycles. The number of fused-ring (bicyclic) bond motifs is 1. The molecule has 1 aliphatic heterocycles. The number of allylic oxidation sites excluding steroid dienone is 1. The van der Waals surface area contributed by atoms with E-state index in [9.17, 15) is 9.18 Å². The van der Waals surface area contributed by atoms with Gasteiger partial charge in [-0.1, -0.05) is 83.0 Å². The number of nitrogens with zero attached hydrogens (tertiary/aromatic N) is 5. The number of rotatable bonds is 6. The number of halogens is 1. The number of tetrazole rings is 1. The van der Waals surface area contributed by atoms with E-state index in [-0.39, 0.29) is 30.9 Å². The maximum atomic E-state index is 14.0. The Balaban J connectivity index is 1.48. The highest BCUT2D eigenvalue weighted by molar-refractivity contribution is 5.89. The second kappa shape index (κ2) is 9.50. The summed E-state index contributed by atoms with van der Waals surface area (Å²) in [5.41, 5.74) is 5.55. The quantitative estimate of drug-likeness (QED) is 0.459. The molecular formula is C27H25FN6O. The molecule has 1 amide bonds. The molecule has 7 nitrogen and oxygen atoms in total. The zero-order valence-corrected chi connectivity index (χ0v) is 19.5. The van der Waals surface area contributed by atoms with Gasteiger partial charge >= 0.3 is 0 Å². The summed E-state index contributed by atoms with van der Waals surface area (Å²) < 4.78 is 15.7. The second-order valence-electron chi connectivity index (χ2n) is 8.65. The molecule has 176 valence electrons. The lowest BCUT2D eigenvalue weighted by Gasteiger charge is -2.32. The number of carbonyl (C=O) groups excluding carboxylic acids is 1. The van der Waals surface area contributed by atoms with E-state index in [1.54, 1.807) is 27.8 Å². The van der Waals surface area contributed by atoms with Crippen LogP contribution in [0.5, 0.6) is 0 Å². The third kappa shape index (κ3) is 4.68. The van der Waals surface area contributed by atoms with Crippen molar-refractivity contribution in [2.75, 3.05) is 11.4 Å². The lowest BCUT2D eigenvalue weighted by Crippen LogP contribution is -2.40. The highest BCUT2D eigenvalue weighted by Crippen LogP contribution is 2.36. The first kappa shape index (κ1) is 22.5. The number of carbonyl (C=O) groups is 1. The molecule has 1 unspecified atom stereocenters. The van der Waals surface area contributed by atoms with Crippen molar-refractivity contribution in [2.24, 2.45) is 0 Å². The highest BCUT2D eigenvalue weighted by Gasteiger charge is 2.31. The van der Waals surface area contributed by atoms with Gasteiger partial charge in [-0.3, -0.25) is 9.69 Å². The Morgan fingerprint density at radius 2 is 1.66 bits per heavy atom. The number of anilines is 1. The van der Waals surface area contributed by atoms with Crippen LogP contribution in [-0.4, -0.2) is 32.7 Å². The van der Waals surface area contributed by atoms with E-state index in [4.69, 9.17) is 0 Å². The third-order valence-corrected chi connectivity index (χ3v) is 6.09. The third-order valence-electron chi connectivity index (χ3n) is 6.09. The van der Waals surface area contributed by atoms with Gasteiger partial charge in [-0.05, 0) is 47.5 Å². The number of nitrogens with one attached hydrogen (secondary N) is 1. The van der Waals surface area contributed by atoms with Gasteiger partial charge in [0.25, 0.3) is 5.95 Å². The first-order chi connectivity index (χ1) is 17.0. The van der Waals surface area contributed by atoms with Crippen molar-refractivity contribution in [3.8, 4) is 0 Å². The Morgan fingerprint density at radius 3 is 2.37 bits per heavy atom. The first-order valence-electron chi connectivity index (χ1n) is 11.4. The SMILES string of the molecule is Cc1ccc(C2=CC(c3ccc(C)cc3)n3nnnc3N2CC(=O)NCc2ccccc2F)cc1. The van der Waals surface area contributed by atoms with E-state index in [0.29, 0.717) is 11.5 Å². The van der Waals surface area contributed by atoms with Crippen LogP contribution in [0.4, 0.5) is 10.3 Å². The average molecular weight is 469 g/mol. The smallest absolute Gasteiger partial charge is 0.251 e. The van der Waals surface area contributed by atoms with Gasteiger partial charge in [0.1, 0.15) is 18.4 Å². The van der Waals surface area contributed by atoms with Crippen LogP contribution < -0.4 is 10.2 Å². The molecule has 1 atom stereocenters. The van der Waals surface area contributed by atoms with Crippen LogP contribution >= 0.6 is 0 Å². The maximum absolute atomic E-state index is 14.0. The van der Waals surface area contributed by atoms with Gasteiger partial charge < -0.3 is 5.32 Å². The molecule has 0 radical (unpaired) electrons. The predicted octanol–water partition coefficient (Wildman–Crippen LogP) is 4.20. The van der Waals surface area contributed by atoms with Crippen molar-refractivity contribution >= 4 is 17.6 Å². The number of benzene rings is 3. The fourth-order valence-electron chi connectivity index (χ4n) is 4.13. The summed E-state index contributed by atoms with van der Waals surface area (Å²) in [6, 6.07) is 22.5. The fraction of sp³-hybridized carbons (Fsp3) is 0.185. The molecule has 0 bridgehead atoms. The van der Waals surface area contributed by atoms with Crippen molar-refractivity contribution < 1.29 is 9.18 Å². The van der Waals surface area contributed by atoms with Crippen LogP contribution in [0.1, 0.15) is 33.9 Å². The number of aromatic nitrogens is 4. The minimum Gasteiger partial charge on any atom is -0.350 e. The largest absolute Gasteiger partial charge is 0.350 e. The maximum Gasteiger partial charge on any atom is 0.251 e. The molecule has 1 aliphatic rings. The van der Waals surface area contributed by atoms with Gasteiger partial charge in [0.15, 0.2) is 0 Å². The minimum atomic E-state index is -0.351. The lowest BCUT2D eigenvalue weighted by molar-refractivity contribution is -0.119. The number of amides is 1. The molecule has 0 saturated carbocycles. The normalized spacial score (nSPS) is 14.9. The topological polar surface area (TPSA) is 75.9 Å². The standard InChI is InChI=1S/C27H25FN6O/c1-18-7-11-20(12-8-18)24-15-25(21-13-9-19(2)10-14-21)34-27(30-31-32-34)33(24)17-26(35)29-16-22-5-3-4-6-23(22)28/h3-15,25H,16-17H2,1-2H3,(H,29,35). The van der Waals surface area contributed by atoms with Gasteiger partial charge in [-0.25, -0.2) is 4.39 Å². The summed E-state index contributed by atoms with van der Waals surface area (Å²) in [4.78, 5) is 14.8. The Morgan fingerprint density at radius 1 is 0.971 bits per heavy atom. The van der Waals surface area contributed by atoms with E-state index in [2.05, 4.69) is 51.2 Å². The summed E-state index contributed by atoms with van der Waals surface area (Å²) in [5, 5.41) is 15.2. The molecule has 1 N–H and O–H groups in total. The molecule has 1 aromatic heterocycles. The van der Waals surface area contributed by atoms with E-state index in [1.165, 1.54) is 6.07 Å². The molecular weight excluding hydrogens is 443 g/mol. The molecule has 35 heavy (non-hydrogen) atoms. The number of aryl methyl sites for hydroxylation is 2. The molecule has 5 rings (SSSR count). The van der Waals surface area contributed by atoms with Crippen LogP contribution in [0, 0.1) is 19.7 Å². The monoisotopic (exact) mass is 468 g/mol. The first-order valence-corrected chi connectivity index (χ1v) is 11.4.